The van der Waals surface area contributed by atoms with Crippen molar-refractivity contribution in [3.63, 3.8) is 0 Å². The quantitative estimate of drug-likeness (QED) is 0.427. The summed E-state index contributed by atoms with van der Waals surface area (Å²) in [6, 6.07) is 0. The second-order valence-electron chi connectivity index (χ2n) is 0. The molecule has 0 aromatic carbocycles. The molecule has 30 valence electrons. The van der Waals surface area contributed by atoms with Gasteiger partial charge in [-0.15, -0.1) is 0 Å². The monoisotopic (exact) mass is 482 g/mol. The Labute approximate surface area is 75.8 Å². The predicted molar refractivity (Wildman–Crippen MR) is 0 cm³/mol. The van der Waals surface area contributed by atoms with E-state index in [1.165, 1.54) is 0 Å². The Hall–Kier alpha value is 2.43. The summed E-state index contributed by atoms with van der Waals surface area (Å²) in [6.07, 6.45) is 0. The molecule has 0 nitrogen and oxygen atoms in total. The fourth-order valence-electron chi connectivity index (χ4n) is 0. The van der Waals surface area contributed by atoms with Crippen LogP contribution < -0.4 is 0 Å². The minimum Gasteiger partial charge on any atom is 0 e. The van der Waals surface area contributed by atoms with Gasteiger partial charge in [-0.05, 0) is 0 Å². The Balaban J connectivity index is 0. The summed E-state index contributed by atoms with van der Waals surface area (Å²) in [5, 5.41) is 0. The van der Waals surface area contributed by atoms with Crippen LogP contribution in [0.1, 0.15) is 0 Å². The topological polar surface area (TPSA) is 0 Å². The second kappa shape index (κ2) is 18.1. The molecule has 0 spiro atoms. The molecule has 0 aromatic rings. The molecule has 0 saturated heterocycles. The van der Waals surface area contributed by atoms with Crippen molar-refractivity contribution in [3.05, 3.63) is 0 Å². The van der Waals surface area contributed by atoms with Crippen LogP contribution in [0.15, 0.2) is 0 Å². The van der Waals surface area contributed by atoms with Crippen molar-refractivity contribution in [2.45, 2.75) is 0 Å². The van der Waals surface area contributed by atoms with Crippen molar-refractivity contribution in [1.29, 1.82) is 0 Å². The zero-order valence-electron chi connectivity index (χ0n) is 1.51. The first kappa shape index (κ1) is 32.1. The zero-order chi connectivity index (χ0) is 0. The van der Waals surface area contributed by atoms with Gasteiger partial charge in [0, 0.05) is 76.7 Å². The van der Waals surface area contributed by atoms with Crippen LogP contribution in [0.4, 0.5) is 0 Å². The van der Waals surface area contributed by atoms with Gasteiger partial charge in [-0.25, -0.2) is 0 Å². The molecular formula is CoNiTaW. The fourth-order valence-corrected chi connectivity index (χ4v) is 0. The van der Waals surface area contributed by atoms with Gasteiger partial charge in [-0.2, -0.15) is 0 Å². The molecule has 0 aliphatic rings. The molecule has 0 N–H and O–H groups in total. The number of rotatable bonds is 0. The summed E-state index contributed by atoms with van der Waals surface area (Å²) in [4.78, 5) is 0. The van der Waals surface area contributed by atoms with Gasteiger partial charge in [0.1, 0.15) is 0 Å². The molecule has 0 aliphatic heterocycles. The van der Waals surface area contributed by atoms with Gasteiger partial charge < -0.3 is 0 Å². The van der Waals surface area contributed by atoms with Gasteiger partial charge in [0.15, 0.2) is 0 Å². The summed E-state index contributed by atoms with van der Waals surface area (Å²) in [5.41, 5.74) is 0. The molecule has 0 atom stereocenters. The van der Waals surface area contributed by atoms with Crippen LogP contribution in [0.5, 0.6) is 0 Å². The standard InChI is InChI=1S/Co.Ni.Ta.W. The van der Waals surface area contributed by atoms with E-state index in [-0.39, 0.29) is 76.7 Å². The van der Waals surface area contributed by atoms with Crippen molar-refractivity contribution >= 4 is 0 Å². The molecule has 0 amide bonds. The Morgan fingerprint density at radius 3 is 1.00 bits per heavy atom. The Morgan fingerprint density at radius 2 is 1.00 bits per heavy atom. The minimum atomic E-state index is 0. The average molecular weight is 482 g/mol. The van der Waals surface area contributed by atoms with Crippen molar-refractivity contribution in [1.82, 2.24) is 0 Å². The maximum absolute atomic E-state index is 0. The second-order valence-corrected chi connectivity index (χ2v) is 0. The normalized spacial score (nSPS) is 0. The minimum absolute atomic E-state index is 0. The molecule has 0 aromatic heterocycles. The fraction of sp³-hybridized carbons (Fsp3) is 0. The smallest absolute Gasteiger partial charge is 0 e. The van der Waals surface area contributed by atoms with Crippen LogP contribution in [0.2, 0.25) is 0 Å². The third kappa shape index (κ3) is 8.83. The van der Waals surface area contributed by atoms with Crippen LogP contribution in [-0.4, -0.2) is 0 Å². The maximum atomic E-state index is 0. The summed E-state index contributed by atoms with van der Waals surface area (Å²) in [7, 11) is 0. The van der Waals surface area contributed by atoms with Crippen molar-refractivity contribution in [2.24, 2.45) is 0 Å². The molecular weight excluding hydrogens is 482 g/mol. The summed E-state index contributed by atoms with van der Waals surface area (Å²) in [6.45, 7) is 0. The molecule has 0 rings (SSSR count). The first-order chi connectivity index (χ1) is 0. The Bertz CT molecular complexity index is 8.00. The molecule has 0 saturated carbocycles. The van der Waals surface area contributed by atoms with Gasteiger partial charge in [0.2, 0.25) is 0 Å². The van der Waals surface area contributed by atoms with E-state index in [0.717, 1.165) is 0 Å². The first-order valence-corrected chi connectivity index (χ1v) is 0. The molecule has 2 radical (unpaired) electrons. The van der Waals surface area contributed by atoms with E-state index < -0.39 is 0 Å². The first-order valence-electron chi connectivity index (χ1n) is 0. The van der Waals surface area contributed by atoms with Gasteiger partial charge in [0.05, 0.1) is 0 Å². The van der Waals surface area contributed by atoms with Crippen LogP contribution in [-0.2, 0) is 76.7 Å². The predicted octanol–water partition coefficient (Wildman–Crippen LogP) is -0.0100. The molecule has 4 heavy (non-hydrogen) atoms. The molecule has 0 bridgehead atoms. The summed E-state index contributed by atoms with van der Waals surface area (Å²) >= 11 is 0. The van der Waals surface area contributed by atoms with Crippen molar-refractivity contribution in [2.75, 3.05) is 0 Å². The van der Waals surface area contributed by atoms with E-state index in [1.54, 1.807) is 0 Å². The average Bonchev–Trinajstić information content (AvgIpc) is 0. The van der Waals surface area contributed by atoms with Crippen molar-refractivity contribution in [3.8, 4) is 0 Å². The molecule has 0 fully saturated rings. The van der Waals surface area contributed by atoms with Crippen LogP contribution in [0, 0.1) is 0 Å². The molecule has 0 aliphatic carbocycles. The van der Waals surface area contributed by atoms with E-state index in [4.69, 9.17) is 0 Å². The third-order valence-electron chi connectivity index (χ3n) is 0. The Kier molecular flexibility index (Phi) is 145. The Morgan fingerprint density at radius 1 is 1.00 bits per heavy atom. The van der Waals surface area contributed by atoms with Crippen LogP contribution >= 0.6 is 0 Å². The van der Waals surface area contributed by atoms with E-state index in [9.17, 15) is 0 Å². The van der Waals surface area contributed by atoms with Gasteiger partial charge in [-0.1, -0.05) is 0 Å². The number of hydrogen-bond donors (Lipinski definition) is 0. The van der Waals surface area contributed by atoms with E-state index in [1.807, 2.05) is 0 Å². The SMILES string of the molecule is [Co].[Ni].[Ta].[W]. The van der Waals surface area contributed by atoms with E-state index in [0.29, 0.717) is 0 Å². The summed E-state index contributed by atoms with van der Waals surface area (Å²) < 4.78 is 0. The van der Waals surface area contributed by atoms with Gasteiger partial charge in [0.25, 0.3) is 0 Å². The van der Waals surface area contributed by atoms with Crippen molar-refractivity contribution < 1.29 is 76.7 Å². The van der Waals surface area contributed by atoms with E-state index >= 15 is 0 Å². The third-order valence-corrected chi connectivity index (χ3v) is 0. The molecule has 0 heterocycles. The maximum Gasteiger partial charge on any atom is 0 e. The van der Waals surface area contributed by atoms with E-state index in [2.05, 4.69) is 0 Å². The largest absolute Gasteiger partial charge is 0 e. The van der Waals surface area contributed by atoms with Gasteiger partial charge in [-0.3, -0.25) is 0 Å². The zero-order valence-corrected chi connectivity index (χ0v) is 9.68. The van der Waals surface area contributed by atoms with Gasteiger partial charge >= 0.3 is 0 Å². The summed E-state index contributed by atoms with van der Waals surface area (Å²) in [5.74, 6) is 0. The molecule has 0 unspecified atom stereocenters. The van der Waals surface area contributed by atoms with Crippen LogP contribution in [0.3, 0.4) is 0 Å². The molecule has 4 heteroatoms. The number of hydrogen-bond acceptors (Lipinski definition) is 0. The van der Waals surface area contributed by atoms with Crippen LogP contribution in [0.25, 0.3) is 0 Å².